The number of amides is 1. The molecule has 1 N–H and O–H groups in total. The molecule has 140 valence electrons. The number of aromatic nitrogens is 4. The standard InChI is InChI=1S/C19H28N6O/c1-19(2,3)25-13-16(11-23-25)18(26)24(12-15-9-21-14-22-10-15)17-5-4-7-20-8-6-17/h9-11,13-14,17,20H,4-8,12H2,1-3H3/t17-/m1/s1. The summed E-state index contributed by atoms with van der Waals surface area (Å²) in [5, 5.41) is 7.81. The van der Waals surface area contributed by atoms with Crippen molar-refractivity contribution in [1.82, 2.24) is 30.0 Å². The molecule has 0 bridgehead atoms. The van der Waals surface area contributed by atoms with Crippen LogP contribution in [0.15, 0.2) is 31.1 Å². The van der Waals surface area contributed by atoms with E-state index in [2.05, 4.69) is 41.2 Å². The van der Waals surface area contributed by atoms with Crippen LogP contribution in [0.2, 0.25) is 0 Å². The van der Waals surface area contributed by atoms with E-state index in [1.54, 1.807) is 18.6 Å². The van der Waals surface area contributed by atoms with E-state index in [9.17, 15) is 4.79 Å². The molecule has 2 aromatic heterocycles. The van der Waals surface area contributed by atoms with Crippen molar-refractivity contribution < 1.29 is 4.79 Å². The monoisotopic (exact) mass is 356 g/mol. The zero-order valence-electron chi connectivity index (χ0n) is 15.9. The summed E-state index contributed by atoms with van der Waals surface area (Å²) in [6.45, 7) is 8.68. The maximum absolute atomic E-state index is 13.3. The van der Waals surface area contributed by atoms with Crippen LogP contribution < -0.4 is 5.32 Å². The Hall–Kier alpha value is -2.28. The molecule has 3 rings (SSSR count). The number of nitrogens with zero attached hydrogens (tertiary/aromatic N) is 5. The molecule has 7 nitrogen and oxygen atoms in total. The molecule has 1 aliphatic heterocycles. The van der Waals surface area contributed by atoms with Gasteiger partial charge in [-0.2, -0.15) is 5.10 Å². The highest BCUT2D eigenvalue weighted by Crippen LogP contribution is 2.21. The number of rotatable bonds is 4. The van der Waals surface area contributed by atoms with Crippen molar-refractivity contribution in [2.75, 3.05) is 13.1 Å². The average Bonchev–Trinajstić information content (AvgIpc) is 2.98. The minimum Gasteiger partial charge on any atom is -0.331 e. The smallest absolute Gasteiger partial charge is 0.257 e. The second kappa shape index (κ2) is 7.95. The van der Waals surface area contributed by atoms with Crippen molar-refractivity contribution in [2.24, 2.45) is 0 Å². The molecule has 0 unspecified atom stereocenters. The van der Waals surface area contributed by atoms with Crippen LogP contribution in [0.4, 0.5) is 0 Å². The van der Waals surface area contributed by atoms with Gasteiger partial charge in [-0.1, -0.05) is 0 Å². The fourth-order valence-electron chi connectivity index (χ4n) is 3.25. The number of nitrogens with one attached hydrogen (secondary N) is 1. The van der Waals surface area contributed by atoms with Gasteiger partial charge in [0.2, 0.25) is 0 Å². The quantitative estimate of drug-likeness (QED) is 0.909. The number of hydrogen-bond acceptors (Lipinski definition) is 5. The Labute approximate surface area is 154 Å². The van der Waals surface area contributed by atoms with E-state index < -0.39 is 0 Å². The van der Waals surface area contributed by atoms with Crippen LogP contribution in [0, 0.1) is 0 Å². The van der Waals surface area contributed by atoms with Gasteiger partial charge in [-0.3, -0.25) is 9.48 Å². The van der Waals surface area contributed by atoms with Gasteiger partial charge < -0.3 is 10.2 Å². The SMILES string of the molecule is CC(C)(C)n1cc(C(=O)N(Cc2cncnc2)[C@@H]2CCCNCC2)cn1. The third-order valence-corrected chi connectivity index (χ3v) is 4.73. The number of carbonyl (C=O) groups excluding carboxylic acids is 1. The van der Waals surface area contributed by atoms with Crippen LogP contribution in [0.25, 0.3) is 0 Å². The first-order valence-electron chi connectivity index (χ1n) is 9.26. The van der Waals surface area contributed by atoms with Crippen LogP contribution in [-0.4, -0.2) is 49.7 Å². The summed E-state index contributed by atoms with van der Waals surface area (Å²) in [6, 6.07) is 0.204. The molecule has 2 aromatic rings. The lowest BCUT2D eigenvalue weighted by Crippen LogP contribution is -2.40. The minimum atomic E-state index is -0.150. The first-order chi connectivity index (χ1) is 12.4. The molecule has 0 radical (unpaired) electrons. The van der Waals surface area contributed by atoms with Crippen LogP contribution in [0.1, 0.15) is 56.0 Å². The van der Waals surface area contributed by atoms with Gasteiger partial charge in [0.25, 0.3) is 5.91 Å². The molecule has 1 saturated heterocycles. The van der Waals surface area contributed by atoms with Crippen molar-refractivity contribution in [3.8, 4) is 0 Å². The Morgan fingerprint density at radius 2 is 2.00 bits per heavy atom. The molecule has 0 aliphatic carbocycles. The molecule has 1 aliphatic rings. The lowest BCUT2D eigenvalue weighted by Gasteiger charge is -2.31. The zero-order valence-corrected chi connectivity index (χ0v) is 15.9. The number of carbonyl (C=O) groups is 1. The topological polar surface area (TPSA) is 75.9 Å². The van der Waals surface area contributed by atoms with E-state index in [-0.39, 0.29) is 17.5 Å². The molecule has 26 heavy (non-hydrogen) atoms. The van der Waals surface area contributed by atoms with Gasteiger partial charge in [0.1, 0.15) is 6.33 Å². The van der Waals surface area contributed by atoms with E-state index in [4.69, 9.17) is 0 Å². The second-order valence-corrected chi connectivity index (χ2v) is 7.86. The van der Waals surface area contributed by atoms with Crippen LogP contribution in [-0.2, 0) is 12.1 Å². The van der Waals surface area contributed by atoms with Gasteiger partial charge in [-0.15, -0.1) is 0 Å². The van der Waals surface area contributed by atoms with E-state index in [1.165, 1.54) is 6.33 Å². The van der Waals surface area contributed by atoms with E-state index in [1.807, 2.05) is 15.8 Å². The first kappa shape index (κ1) is 18.5. The fourth-order valence-corrected chi connectivity index (χ4v) is 3.25. The summed E-state index contributed by atoms with van der Waals surface area (Å²) >= 11 is 0. The molecule has 1 amide bonds. The summed E-state index contributed by atoms with van der Waals surface area (Å²) in [5.74, 6) is 0.0243. The second-order valence-electron chi connectivity index (χ2n) is 7.86. The van der Waals surface area contributed by atoms with Crippen LogP contribution in [0.5, 0.6) is 0 Å². The Kier molecular flexibility index (Phi) is 5.66. The van der Waals surface area contributed by atoms with E-state index >= 15 is 0 Å². The van der Waals surface area contributed by atoms with E-state index in [0.717, 1.165) is 37.9 Å². The van der Waals surface area contributed by atoms with Crippen molar-refractivity contribution in [3.05, 3.63) is 42.2 Å². The molecule has 0 spiro atoms. The first-order valence-corrected chi connectivity index (χ1v) is 9.26. The molecule has 7 heteroatoms. The molecule has 3 heterocycles. The third-order valence-electron chi connectivity index (χ3n) is 4.73. The molecular weight excluding hydrogens is 328 g/mol. The molecule has 0 saturated carbocycles. The summed E-state index contributed by atoms with van der Waals surface area (Å²) in [7, 11) is 0. The maximum atomic E-state index is 13.3. The Morgan fingerprint density at radius 3 is 2.69 bits per heavy atom. The van der Waals surface area contributed by atoms with Crippen molar-refractivity contribution in [2.45, 2.75) is 58.2 Å². The maximum Gasteiger partial charge on any atom is 0.257 e. The van der Waals surface area contributed by atoms with Gasteiger partial charge in [0.15, 0.2) is 0 Å². The van der Waals surface area contributed by atoms with E-state index in [0.29, 0.717) is 12.1 Å². The highest BCUT2D eigenvalue weighted by atomic mass is 16.2. The predicted octanol–water partition coefficient (Wildman–Crippen LogP) is 2.21. The third kappa shape index (κ3) is 4.46. The summed E-state index contributed by atoms with van der Waals surface area (Å²) in [6.07, 6.45) is 11.6. The normalized spacial score (nSPS) is 18.3. The Balaban J connectivity index is 1.86. The Morgan fingerprint density at radius 1 is 1.23 bits per heavy atom. The van der Waals surface area contributed by atoms with Gasteiger partial charge in [-0.25, -0.2) is 9.97 Å². The average molecular weight is 356 g/mol. The summed E-state index contributed by atoms with van der Waals surface area (Å²) < 4.78 is 1.85. The van der Waals surface area contributed by atoms with Crippen molar-refractivity contribution >= 4 is 5.91 Å². The van der Waals surface area contributed by atoms with Crippen molar-refractivity contribution in [3.63, 3.8) is 0 Å². The predicted molar refractivity (Wildman–Crippen MR) is 99.6 cm³/mol. The Bertz CT molecular complexity index is 713. The summed E-state index contributed by atoms with van der Waals surface area (Å²) in [5.41, 5.74) is 1.43. The highest BCUT2D eigenvalue weighted by Gasteiger charge is 2.27. The largest absolute Gasteiger partial charge is 0.331 e. The lowest BCUT2D eigenvalue weighted by atomic mass is 10.1. The molecule has 1 fully saturated rings. The molecule has 0 aromatic carbocycles. The number of hydrogen-bond donors (Lipinski definition) is 1. The van der Waals surface area contributed by atoms with Crippen LogP contribution >= 0.6 is 0 Å². The molecular formula is C19H28N6O. The van der Waals surface area contributed by atoms with Gasteiger partial charge in [-0.05, 0) is 53.1 Å². The van der Waals surface area contributed by atoms with Crippen molar-refractivity contribution in [1.29, 1.82) is 0 Å². The van der Waals surface area contributed by atoms with Crippen LogP contribution in [0.3, 0.4) is 0 Å². The highest BCUT2D eigenvalue weighted by molar-refractivity contribution is 5.94. The summed E-state index contributed by atoms with van der Waals surface area (Å²) in [4.78, 5) is 23.5. The minimum absolute atomic E-state index is 0.0243. The van der Waals surface area contributed by atoms with Gasteiger partial charge in [0, 0.05) is 36.7 Å². The zero-order chi connectivity index (χ0) is 18.6. The van der Waals surface area contributed by atoms with Gasteiger partial charge >= 0.3 is 0 Å². The lowest BCUT2D eigenvalue weighted by molar-refractivity contribution is 0.0644. The molecule has 1 atom stereocenters. The van der Waals surface area contributed by atoms with Gasteiger partial charge in [0.05, 0.1) is 17.3 Å². The fraction of sp³-hybridized carbons (Fsp3) is 0.579.